The van der Waals surface area contributed by atoms with E-state index in [2.05, 4.69) is 15.3 Å². The third-order valence-corrected chi connectivity index (χ3v) is 7.70. The number of alkyl halides is 3. The molecule has 9 nitrogen and oxygen atoms in total. The Morgan fingerprint density at radius 3 is 2.33 bits per heavy atom. The van der Waals surface area contributed by atoms with Crippen molar-refractivity contribution in [3.05, 3.63) is 72.1 Å². The van der Waals surface area contributed by atoms with Gasteiger partial charge in [0.2, 0.25) is 5.95 Å². The molecule has 0 bridgehead atoms. The van der Waals surface area contributed by atoms with Crippen molar-refractivity contribution < 1.29 is 26.4 Å². The maximum absolute atomic E-state index is 14.0. The average Bonchev–Trinajstić information content (AvgIpc) is 3.31. The van der Waals surface area contributed by atoms with E-state index in [1.807, 2.05) is 11.9 Å². The van der Waals surface area contributed by atoms with Crippen LogP contribution in [0.5, 0.6) is 0 Å². The number of amides is 1. The number of anilines is 2. The van der Waals surface area contributed by atoms with Gasteiger partial charge in [0.15, 0.2) is 9.84 Å². The van der Waals surface area contributed by atoms with Gasteiger partial charge in [0.05, 0.1) is 16.0 Å². The lowest BCUT2D eigenvalue weighted by Gasteiger charge is -2.33. The second kappa shape index (κ2) is 9.97. The SMILES string of the molecule is CN1CCN(C(=O)c2ccc(Nc3ncc4ccn(-c5ccc(S(C)(=O)=O)cc5)c4n3)cc2C(F)(F)F)CC1. The van der Waals surface area contributed by atoms with Crippen LogP contribution in [-0.2, 0) is 16.0 Å². The molecule has 0 spiro atoms. The molecule has 0 atom stereocenters. The van der Waals surface area contributed by atoms with Crippen molar-refractivity contribution >= 4 is 38.4 Å². The molecule has 204 valence electrons. The molecule has 13 heteroatoms. The second-order valence-electron chi connectivity index (χ2n) is 9.40. The van der Waals surface area contributed by atoms with Crippen molar-refractivity contribution in [1.29, 1.82) is 0 Å². The van der Waals surface area contributed by atoms with Gasteiger partial charge in [-0.15, -0.1) is 0 Å². The summed E-state index contributed by atoms with van der Waals surface area (Å²) >= 11 is 0. The lowest BCUT2D eigenvalue weighted by molar-refractivity contribution is -0.138. The number of likely N-dealkylation sites (N-methyl/N-ethyl adjacent to an activating group) is 1. The van der Waals surface area contributed by atoms with Crippen molar-refractivity contribution in [3.8, 4) is 5.69 Å². The van der Waals surface area contributed by atoms with E-state index in [-0.39, 0.29) is 16.5 Å². The van der Waals surface area contributed by atoms with E-state index in [9.17, 15) is 26.4 Å². The third kappa shape index (κ3) is 5.59. The highest BCUT2D eigenvalue weighted by Gasteiger charge is 2.37. The van der Waals surface area contributed by atoms with Crippen LogP contribution in [0.1, 0.15) is 15.9 Å². The summed E-state index contributed by atoms with van der Waals surface area (Å²) in [6, 6.07) is 11.5. The Hall–Kier alpha value is -3.97. The van der Waals surface area contributed by atoms with E-state index in [4.69, 9.17) is 0 Å². The maximum atomic E-state index is 14.0. The first-order valence-corrected chi connectivity index (χ1v) is 13.9. The number of benzene rings is 2. The van der Waals surface area contributed by atoms with Crippen LogP contribution in [0.25, 0.3) is 16.7 Å². The first-order chi connectivity index (χ1) is 18.4. The molecule has 0 unspecified atom stereocenters. The highest BCUT2D eigenvalue weighted by molar-refractivity contribution is 7.90. The van der Waals surface area contributed by atoms with Gasteiger partial charge >= 0.3 is 6.18 Å². The fourth-order valence-electron chi connectivity index (χ4n) is 4.39. The van der Waals surface area contributed by atoms with Crippen LogP contribution in [0.15, 0.2) is 65.8 Å². The molecule has 39 heavy (non-hydrogen) atoms. The van der Waals surface area contributed by atoms with Crippen LogP contribution in [0.4, 0.5) is 24.8 Å². The van der Waals surface area contributed by atoms with Gasteiger partial charge in [-0.1, -0.05) is 0 Å². The van der Waals surface area contributed by atoms with Crippen LogP contribution in [0, 0.1) is 0 Å². The van der Waals surface area contributed by atoms with Crippen LogP contribution in [0.2, 0.25) is 0 Å². The monoisotopic (exact) mass is 558 g/mol. The predicted molar refractivity (Wildman–Crippen MR) is 140 cm³/mol. The quantitative estimate of drug-likeness (QED) is 0.396. The van der Waals surface area contributed by atoms with Crippen LogP contribution >= 0.6 is 0 Å². The van der Waals surface area contributed by atoms with E-state index in [0.717, 1.165) is 12.3 Å². The molecule has 0 aliphatic carbocycles. The van der Waals surface area contributed by atoms with Gasteiger partial charge in [0, 0.05) is 61.6 Å². The zero-order chi connectivity index (χ0) is 27.9. The predicted octanol–water partition coefficient (Wildman–Crippen LogP) is 3.97. The van der Waals surface area contributed by atoms with Crippen molar-refractivity contribution in [3.63, 3.8) is 0 Å². The summed E-state index contributed by atoms with van der Waals surface area (Å²) in [6.07, 6.45) is -0.356. The lowest BCUT2D eigenvalue weighted by atomic mass is 10.0. The first-order valence-electron chi connectivity index (χ1n) is 12.0. The molecule has 3 heterocycles. The minimum Gasteiger partial charge on any atom is -0.336 e. The molecule has 1 saturated heterocycles. The highest BCUT2D eigenvalue weighted by Crippen LogP contribution is 2.35. The fourth-order valence-corrected chi connectivity index (χ4v) is 5.02. The van der Waals surface area contributed by atoms with E-state index in [1.165, 1.54) is 35.4 Å². The molecule has 1 fully saturated rings. The Morgan fingerprint density at radius 2 is 1.69 bits per heavy atom. The second-order valence-corrected chi connectivity index (χ2v) is 11.4. The highest BCUT2D eigenvalue weighted by atomic mass is 32.2. The van der Waals surface area contributed by atoms with Crippen molar-refractivity contribution in [2.24, 2.45) is 0 Å². The van der Waals surface area contributed by atoms with Gasteiger partial charge in [0.1, 0.15) is 5.65 Å². The molecule has 4 aromatic rings. The van der Waals surface area contributed by atoms with Crippen LogP contribution in [0.3, 0.4) is 0 Å². The van der Waals surface area contributed by atoms with Gasteiger partial charge in [-0.25, -0.2) is 13.4 Å². The Bertz CT molecular complexity index is 1640. The van der Waals surface area contributed by atoms with E-state index in [0.29, 0.717) is 42.9 Å². The topological polar surface area (TPSA) is 100 Å². The number of piperazine rings is 1. The lowest BCUT2D eigenvalue weighted by Crippen LogP contribution is -2.47. The summed E-state index contributed by atoms with van der Waals surface area (Å²) in [5.74, 6) is -0.596. The maximum Gasteiger partial charge on any atom is 0.417 e. The minimum atomic E-state index is -4.74. The number of nitrogens with zero attached hydrogens (tertiary/aromatic N) is 5. The molecule has 1 N–H and O–H groups in total. The Labute approximate surface area is 222 Å². The largest absolute Gasteiger partial charge is 0.417 e. The van der Waals surface area contributed by atoms with Crippen LogP contribution < -0.4 is 5.32 Å². The van der Waals surface area contributed by atoms with E-state index >= 15 is 0 Å². The first kappa shape index (κ1) is 26.6. The number of carbonyl (C=O) groups is 1. The van der Waals surface area contributed by atoms with Crippen molar-refractivity contribution in [2.45, 2.75) is 11.1 Å². The third-order valence-electron chi connectivity index (χ3n) is 6.57. The number of fused-ring (bicyclic) bond motifs is 1. The number of sulfone groups is 1. The number of rotatable bonds is 5. The summed E-state index contributed by atoms with van der Waals surface area (Å²) in [5.41, 5.74) is -0.245. The number of aromatic nitrogens is 3. The number of nitrogens with one attached hydrogen (secondary N) is 1. The molecule has 0 radical (unpaired) electrons. The van der Waals surface area contributed by atoms with Gasteiger partial charge in [-0.3, -0.25) is 4.79 Å². The fraction of sp³-hybridized carbons (Fsp3) is 0.269. The van der Waals surface area contributed by atoms with Crippen molar-refractivity contribution in [2.75, 3.05) is 44.8 Å². The molecule has 2 aromatic carbocycles. The molecule has 2 aromatic heterocycles. The van der Waals surface area contributed by atoms with Crippen LogP contribution in [-0.4, -0.2) is 78.1 Å². The summed E-state index contributed by atoms with van der Waals surface area (Å²) in [5, 5.41) is 3.49. The Morgan fingerprint density at radius 1 is 1.00 bits per heavy atom. The molecular formula is C26H25F3N6O3S. The van der Waals surface area contributed by atoms with Crippen molar-refractivity contribution in [1.82, 2.24) is 24.3 Å². The van der Waals surface area contributed by atoms with E-state index in [1.54, 1.807) is 29.0 Å². The summed E-state index contributed by atoms with van der Waals surface area (Å²) < 4.78 is 67.2. The number of hydrogen-bond acceptors (Lipinski definition) is 7. The Kier molecular flexibility index (Phi) is 6.81. The Balaban J connectivity index is 1.44. The zero-order valence-corrected chi connectivity index (χ0v) is 21.9. The minimum absolute atomic E-state index is 0.0569. The van der Waals surface area contributed by atoms with E-state index < -0.39 is 33.0 Å². The molecule has 1 aliphatic rings. The normalized spacial score (nSPS) is 15.1. The van der Waals surface area contributed by atoms with Gasteiger partial charge in [-0.05, 0) is 55.6 Å². The number of hydrogen-bond donors (Lipinski definition) is 1. The molecular weight excluding hydrogens is 533 g/mol. The molecule has 5 rings (SSSR count). The molecule has 1 aliphatic heterocycles. The summed E-state index contributed by atoms with van der Waals surface area (Å²) in [4.78, 5) is 25.2. The van der Waals surface area contributed by atoms with Gasteiger partial charge < -0.3 is 19.7 Å². The van der Waals surface area contributed by atoms with Gasteiger partial charge in [0.25, 0.3) is 5.91 Å². The number of carbonyl (C=O) groups excluding carboxylic acids is 1. The molecule has 0 saturated carbocycles. The standard InChI is InChI=1S/C26H25F3N6O3S/c1-33-11-13-34(14-12-33)24(36)21-8-3-18(15-22(21)26(27,28)29)31-25-30-16-17-9-10-35(23(17)32-25)19-4-6-20(7-5-19)39(2,37)38/h3-10,15-16H,11-14H2,1-2H3,(H,30,31,32). The smallest absolute Gasteiger partial charge is 0.336 e. The number of halogens is 3. The van der Waals surface area contributed by atoms with Gasteiger partial charge in [-0.2, -0.15) is 18.2 Å². The summed E-state index contributed by atoms with van der Waals surface area (Å²) in [7, 11) is -1.46. The average molecular weight is 559 g/mol. The summed E-state index contributed by atoms with van der Waals surface area (Å²) in [6.45, 7) is 1.90. The zero-order valence-electron chi connectivity index (χ0n) is 21.1. The molecule has 1 amide bonds.